The van der Waals surface area contributed by atoms with Crippen LogP contribution in [0.15, 0.2) is 35.7 Å². The van der Waals surface area contributed by atoms with Crippen molar-refractivity contribution in [2.75, 3.05) is 11.9 Å². The molecule has 1 aliphatic rings. The highest BCUT2D eigenvalue weighted by molar-refractivity contribution is 7.09. The third-order valence-electron chi connectivity index (χ3n) is 4.07. The van der Waals surface area contributed by atoms with Crippen molar-refractivity contribution >= 4 is 39.7 Å². The van der Waals surface area contributed by atoms with Gasteiger partial charge in [-0.15, -0.1) is 11.3 Å². The summed E-state index contributed by atoms with van der Waals surface area (Å²) in [6.45, 7) is 0.575. The SMILES string of the molecule is FC1(F)CC1COc1cccc2c(NCc3cccs3)nc(Cl)nc12. The van der Waals surface area contributed by atoms with Gasteiger partial charge < -0.3 is 10.1 Å². The summed E-state index contributed by atoms with van der Waals surface area (Å²) < 4.78 is 31.7. The number of alkyl halides is 2. The highest BCUT2D eigenvalue weighted by atomic mass is 35.5. The van der Waals surface area contributed by atoms with E-state index < -0.39 is 11.8 Å². The second-order valence-electron chi connectivity index (χ2n) is 5.90. The number of thiophene rings is 1. The van der Waals surface area contributed by atoms with Crippen LogP contribution in [0.5, 0.6) is 5.75 Å². The first-order valence-corrected chi connectivity index (χ1v) is 9.02. The molecule has 25 heavy (non-hydrogen) atoms. The molecule has 130 valence electrons. The van der Waals surface area contributed by atoms with Crippen LogP contribution in [0.3, 0.4) is 0 Å². The molecule has 1 atom stereocenters. The molecule has 1 unspecified atom stereocenters. The van der Waals surface area contributed by atoms with Gasteiger partial charge in [-0.3, -0.25) is 0 Å². The molecule has 0 saturated heterocycles. The zero-order chi connectivity index (χ0) is 17.4. The van der Waals surface area contributed by atoms with E-state index in [0.717, 1.165) is 10.3 Å². The van der Waals surface area contributed by atoms with E-state index in [1.54, 1.807) is 23.5 Å². The molecule has 1 N–H and O–H groups in total. The molecule has 0 bridgehead atoms. The maximum atomic E-state index is 13.0. The van der Waals surface area contributed by atoms with Crippen LogP contribution < -0.4 is 10.1 Å². The maximum Gasteiger partial charge on any atom is 0.255 e. The second kappa shape index (κ2) is 6.38. The summed E-state index contributed by atoms with van der Waals surface area (Å²) in [5.74, 6) is -2.31. The number of nitrogens with one attached hydrogen (secondary N) is 1. The van der Waals surface area contributed by atoms with E-state index in [2.05, 4.69) is 15.3 Å². The van der Waals surface area contributed by atoms with Crippen molar-refractivity contribution in [2.45, 2.75) is 18.9 Å². The van der Waals surface area contributed by atoms with Gasteiger partial charge in [-0.2, -0.15) is 0 Å². The molecule has 1 aliphatic carbocycles. The number of rotatable bonds is 6. The number of aromatic nitrogens is 2. The summed E-state index contributed by atoms with van der Waals surface area (Å²) in [6, 6.07) is 9.34. The summed E-state index contributed by atoms with van der Waals surface area (Å²) >= 11 is 7.68. The number of fused-ring (bicyclic) bond motifs is 1. The van der Waals surface area contributed by atoms with Gasteiger partial charge >= 0.3 is 0 Å². The quantitative estimate of drug-likeness (QED) is 0.611. The molecule has 0 spiro atoms. The summed E-state index contributed by atoms with van der Waals surface area (Å²) in [5.41, 5.74) is 0.514. The molecular weight excluding hydrogens is 368 g/mol. The predicted molar refractivity (Wildman–Crippen MR) is 94.7 cm³/mol. The normalized spacial score (nSPS) is 18.3. The van der Waals surface area contributed by atoms with Crippen molar-refractivity contribution in [2.24, 2.45) is 5.92 Å². The van der Waals surface area contributed by atoms with Gasteiger partial charge in [0.05, 0.1) is 19.1 Å². The molecule has 0 aliphatic heterocycles. The van der Waals surface area contributed by atoms with Gasteiger partial charge in [0, 0.05) is 16.7 Å². The summed E-state index contributed by atoms with van der Waals surface area (Å²) in [5, 5.41) is 6.06. The number of anilines is 1. The van der Waals surface area contributed by atoms with Gasteiger partial charge in [-0.1, -0.05) is 12.1 Å². The molecule has 4 nitrogen and oxygen atoms in total. The molecule has 1 fully saturated rings. The summed E-state index contributed by atoms with van der Waals surface area (Å²) in [4.78, 5) is 9.62. The molecule has 0 amide bonds. The van der Waals surface area contributed by atoms with E-state index >= 15 is 0 Å². The Bertz CT molecular complexity index is 904. The number of para-hydroxylation sites is 1. The van der Waals surface area contributed by atoms with Crippen molar-refractivity contribution < 1.29 is 13.5 Å². The lowest BCUT2D eigenvalue weighted by molar-refractivity contribution is 0.0858. The Morgan fingerprint density at radius 3 is 2.84 bits per heavy atom. The Morgan fingerprint density at radius 1 is 1.28 bits per heavy atom. The van der Waals surface area contributed by atoms with Gasteiger partial charge in [0.25, 0.3) is 5.92 Å². The van der Waals surface area contributed by atoms with E-state index in [1.165, 1.54) is 0 Å². The number of nitrogens with zero attached hydrogens (tertiary/aromatic N) is 2. The number of ether oxygens (including phenoxy) is 1. The molecule has 0 radical (unpaired) electrons. The fraction of sp³-hybridized carbons (Fsp3) is 0.294. The van der Waals surface area contributed by atoms with E-state index in [-0.39, 0.29) is 18.3 Å². The van der Waals surface area contributed by atoms with E-state index in [9.17, 15) is 8.78 Å². The molecule has 8 heteroatoms. The van der Waals surface area contributed by atoms with Gasteiger partial charge in [0.15, 0.2) is 0 Å². The topological polar surface area (TPSA) is 47.0 Å². The van der Waals surface area contributed by atoms with Crippen LogP contribution in [0.4, 0.5) is 14.6 Å². The van der Waals surface area contributed by atoms with Gasteiger partial charge in [-0.05, 0) is 35.2 Å². The fourth-order valence-electron chi connectivity index (χ4n) is 2.57. The van der Waals surface area contributed by atoms with Crippen LogP contribution >= 0.6 is 22.9 Å². The Labute approximate surface area is 151 Å². The number of halogens is 3. The number of hydrogen-bond donors (Lipinski definition) is 1. The van der Waals surface area contributed by atoms with Crippen molar-refractivity contribution in [1.82, 2.24) is 9.97 Å². The lowest BCUT2D eigenvalue weighted by Crippen LogP contribution is -2.07. The smallest absolute Gasteiger partial charge is 0.255 e. The van der Waals surface area contributed by atoms with Crippen molar-refractivity contribution in [3.63, 3.8) is 0 Å². The van der Waals surface area contributed by atoms with Gasteiger partial charge in [-0.25, -0.2) is 18.7 Å². The minimum absolute atomic E-state index is 0.0360. The Kier molecular flexibility index (Phi) is 4.21. The van der Waals surface area contributed by atoms with Crippen LogP contribution in [0.2, 0.25) is 5.28 Å². The van der Waals surface area contributed by atoms with Crippen molar-refractivity contribution in [1.29, 1.82) is 0 Å². The van der Waals surface area contributed by atoms with Crippen molar-refractivity contribution in [3.05, 3.63) is 45.9 Å². The zero-order valence-corrected chi connectivity index (χ0v) is 14.6. The lowest BCUT2D eigenvalue weighted by atomic mass is 10.2. The predicted octanol–water partition coefficient (Wildman–Crippen LogP) is 4.99. The fourth-order valence-corrected chi connectivity index (χ4v) is 3.39. The molecule has 2 heterocycles. The molecule has 1 saturated carbocycles. The molecule has 2 aromatic heterocycles. The molecular formula is C17H14ClF2N3OS. The minimum Gasteiger partial charge on any atom is -0.491 e. The van der Waals surface area contributed by atoms with Crippen LogP contribution in [0, 0.1) is 5.92 Å². The summed E-state index contributed by atoms with van der Waals surface area (Å²) in [7, 11) is 0. The molecule has 3 aromatic rings. The van der Waals surface area contributed by atoms with Crippen LogP contribution in [0.25, 0.3) is 10.9 Å². The Morgan fingerprint density at radius 2 is 2.12 bits per heavy atom. The first-order valence-electron chi connectivity index (χ1n) is 7.76. The minimum atomic E-state index is -2.61. The molecule has 1 aromatic carbocycles. The average molecular weight is 382 g/mol. The largest absolute Gasteiger partial charge is 0.491 e. The zero-order valence-electron chi connectivity index (χ0n) is 13.0. The maximum absolute atomic E-state index is 13.0. The summed E-state index contributed by atoms with van der Waals surface area (Å²) in [6.07, 6.45) is -0.124. The highest BCUT2D eigenvalue weighted by Crippen LogP contribution is 2.48. The standard InChI is InChI=1S/C17H14ClF2N3OS/c18-16-22-14-12(15(23-16)21-8-11-3-2-6-25-11)4-1-5-13(14)24-9-10-7-17(10,19)20/h1-6,10H,7-9H2,(H,21,22,23). The van der Waals surface area contributed by atoms with Gasteiger partial charge in [0.2, 0.25) is 5.28 Å². The number of hydrogen-bond acceptors (Lipinski definition) is 5. The third kappa shape index (κ3) is 3.52. The number of benzene rings is 1. The Hall–Kier alpha value is -1.99. The van der Waals surface area contributed by atoms with E-state index in [4.69, 9.17) is 16.3 Å². The third-order valence-corrected chi connectivity index (χ3v) is 5.11. The van der Waals surface area contributed by atoms with E-state index in [1.807, 2.05) is 23.6 Å². The van der Waals surface area contributed by atoms with Gasteiger partial charge in [0.1, 0.15) is 17.1 Å². The Balaban J connectivity index is 1.59. The monoisotopic (exact) mass is 381 g/mol. The average Bonchev–Trinajstić information content (AvgIpc) is 2.98. The molecule has 4 rings (SSSR count). The second-order valence-corrected chi connectivity index (χ2v) is 7.27. The first kappa shape index (κ1) is 16.5. The van der Waals surface area contributed by atoms with Crippen LogP contribution in [0.1, 0.15) is 11.3 Å². The highest BCUT2D eigenvalue weighted by Gasteiger charge is 2.57. The first-order chi connectivity index (χ1) is 12.0. The lowest BCUT2D eigenvalue weighted by Gasteiger charge is -2.12. The van der Waals surface area contributed by atoms with E-state index in [0.29, 0.717) is 23.6 Å². The van der Waals surface area contributed by atoms with Crippen LogP contribution in [-0.4, -0.2) is 22.5 Å². The van der Waals surface area contributed by atoms with Crippen molar-refractivity contribution in [3.8, 4) is 5.75 Å². The van der Waals surface area contributed by atoms with Crippen LogP contribution in [-0.2, 0) is 6.54 Å².